The van der Waals surface area contributed by atoms with E-state index in [2.05, 4.69) is 0 Å². The molecule has 4 nitrogen and oxygen atoms in total. The van der Waals surface area contributed by atoms with Gasteiger partial charge in [0.05, 0.1) is 5.69 Å². The maximum Gasteiger partial charge on any atom is 0.296 e. The minimum atomic E-state index is -3.78. The fourth-order valence-corrected chi connectivity index (χ4v) is 1.75. The van der Waals surface area contributed by atoms with Crippen LogP contribution in [0.2, 0.25) is 10.0 Å². The molecule has 0 bridgehead atoms. The monoisotopic (exact) mass is 240 g/mol. The van der Waals surface area contributed by atoms with Crippen molar-refractivity contribution in [2.75, 3.05) is 4.72 Å². The highest BCUT2D eigenvalue weighted by atomic mass is 35.5. The average molecular weight is 241 g/mol. The lowest BCUT2D eigenvalue weighted by Gasteiger charge is -2.03. The second-order valence-corrected chi connectivity index (χ2v) is 4.47. The topological polar surface area (TPSA) is 72.2 Å². The number of benzene rings is 1. The zero-order valence-corrected chi connectivity index (χ0v) is 8.62. The molecule has 0 radical (unpaired) electrons. The average Bonchev–Trinajstić information content (AvgIpc) is 1.78. The molecule has 0 atom stereocenters. The Labute approximate surface area is 85.8 Å². The molecule has 0 fully saturated rings. The number of rotatable bonds is 2. The first-order valence-electron chi connectivity index (χ1n) is 3.13. The van der Waals surface area contributed by atoms with Crippen LogP contribution in [0.1, 0.15) is 0 Å². The molecule has 0 saturated carbocycles. The summed E-state index contributed by atoms with van der Waals surface area (Å²) in [5.41, 5.74) is 0.236. The highest BCUT2D eigenvalue weighted by molar-refractivity contribution is 7.90. The normalized spacial score (nSPS) is 11.3. The van der Waals surface area contributed by atoms with E-state index in [-0.39, 0.29) is 5.69 Å². The zero-order valence-electron chi connectivity index (χ0n) is 6.29. The molecule has 0 amide bonds. The molecule has 72 valence electrons. The molecule has 0 saturated heterocycles. The summed E-state index contributed by atoms with van der Waals surface area (Å²) in [6.45, 7) is 0. The van der Waals surface area contributed by atoms with Crippen LogP contribution in [0.25, 0.3) is 0 Å². The van der Waals surface area contributed by atoms with Gasteiger partial charge in [0.1, 0.15) is 0 Å². The molecule has 1 aromatic carbocycles. The van der Waals surface area contributed by atoms with E-state index in [1.807, 2.05) is 4.72 Å². The number of halogens is 2. The van der Waals surface area contributed by atoms with Crippen LogP contribution >= 0.6 is 23.2 Å². The smallest absolute Gasteiger partial charge is 0.271 e. The standard InChI is InChI=1S/C6H6Cl2N2O2S/c7-4-1-5(8)3-6(2-4)10-13(9,11)12/h1-3,10H,(H2,9,11,12). The molecule has 0 aliphatic rings. The molecule has 0 aromatic heterocycles. The van der Waals surface area contributed by atoms with Crippen LogP contribution in [-0.2, 0) is 10.2 Å². The maximum atomic E-state index is 10.6. The summed E-state index contributed by atoms with van der Waals surface area (Å²) < 4.78 is 23.3. The van der Waals surface area contributed by atoms with Crippen molar-refractivity contribution in [3.63, 3.8) is 0 Å². The van der Waals surface area contributed by atoms with E-state index in [1.54, 1.807) is 0 Å². The van der Waals surface area contributed by atoms with Crippen molar-refractivity contribution in [3.8, 4) is 0 Å². The molecule has 7 heteroatoms. The second kappa shape index (κ2) is 3.71. The molecule has 0 heterocycles. The quantitative estimate of drug-likeness (QED) is 0.825. The lowest BCUT2D eigenvalue weighted by atomic mass is 10.3. The van der Waals surface area contributed by atoms with Gasteiger partial charge in [0, 0.05) is 10.0 Å². The molecule has 0 aliphatic carbocycles. The summed E-state index contributed by atoms with van der Waals surface area (Å²) >= 11 is 11.2. The van der Waals surface area contributed by atoms with Gasteiger partial charge in [0.2, 0.25) is 0 Å². The number of anilines is 1. The Morgan fingerprint density at radius 1 is 1.15 bits per heavy atom. The largest absolute Gasteiger partial charge is 0.296 e. The summed E-state index contributed by atoms with van der Waals surface area (Å²) in [4.78, 5) is 0. The summed E-state index contributed by atoms with van der Waals surface area (Å²) in [7, 11) is -3.78. The van der Waals surface area contributed by atoms with Crippen molar-refractivity contribution >= 4 is 39.1 Å². The van der Waals surface area contributed by atoms with Gasteiger partial charge in [0.25, 0.3) is 10.2 Å². The number of nitrogens with two attached hydrogens (primary N) is 1. The van der Waals surface area contributed by atoms with Crippen molar-refractivity contribution in [2.24, 2.45) is 5.14 Å². The van der Waals surface area contributed by atoms with Crippen molar-refractivity contribution in [1.29, 1.82) is 0 Å². The molecule has 1 aromatic rings. The fourth-order valence-electron chi connectivity index (χ4n) is 0.777. The van der Waals surface area contributed by atoms with Gasteiger partial charge in [-0.05, 0) is 18.2 Å². The van der Waals surface area contributed by atoms with Crippen molar-refractivity contribution in [3.05, 3.63) is 28.2 Å². The SMILES string of the molecule is NS(=O)(=O)Nc1cc(Cl)cc(Cl)c1. The van der Waals surface area contributed by atoms with Crippen LogP contribution < -0.4 is 9.86 Å². The lowest BCUT2D eigenvalue weighted by molar-refractivity contribution is 0.603. The molecule has 13 heavy (non-hydrogen) atoms. The Hall–Kier alpha value is -0.490. The second-order valence-electron chi connectivity index (χ2n) is 2.31. The van der Waals surface area contributed by atoms with Gasteiger partial charge in [0.15, 0.2) is 0 Å². The third-order valence-corrected chi connectivity index (χ3v) is 2.08. The van der Waals surface area contributed by atoms with Crippen molar-refractivity contribution < 1.29 is 8.42 Å². The molecular formula is C6H6Cl2N2O2S. The van der Waals surface area contributed by atoms with Crippen LogP contribution in [0.5, 0.6) is 0 Å². The highest BCUT2D eigenvalue weighted by Crippen LogP contribution is 2.22. The Balaban J connectivity index is 3.03. The van der Waals surface area contributed by atoms with Crippen molar-refractivity contribution in [1.82, 2.24) is 0 Å². The van der Waals surface area contributed by atoms with Crippen LogP contribution in [-0.4, -0.2) is 8.42 Å². The van der Waals surface area contributed by atoms with Gasteiger partial charge in [-0.3, -0.25) is 4.72 Å². The molecule has 0 spiro atoms. The molecule has 1 rings (SSSR count). The van der Waals surface area contributed by atoms with Crippen LogP contribution in [0.3, 0.4) is 0 Å². The first-order chi connectivity index (χ1) is 5.87. The fraction of sp³-hybridized carbons (Fsp3) is 0. The van der Waals surface area contributed by atoms with Gasteiger partial charge in [-0.15, -0.1) is 0 Å². The third-order valence-electron chi connectivity index (χ3n) is 1.12. The van der Waals surface area contributed by atoms with E-state index in [0.717, 1.165) is 0 Å². The summed E-state index contributed by atoms with van der Waals surface area (Å²) in [5, 5.41) is 5.41. The zero-order chi connectivity index (χ0) is 10.1. The van der Waals surface area contributed by atoms with E-state index >= 15 is 0 Å². The summed E-state index contributed by atoms with van der Waals surface area (Å²) in [5.74, 6) is 0. The molecule has 3 N–H and O–H groups in total. The first-order valence-corrected chi connectivity index (χ1v) is 5.44. The Morgan fingerprint density at radius 3 is 2.00 bits per heavy atom. The molecule has 0 unspecified atom stereocenters. The van der Waals surface area contributed by atoms with E-state index in [9.17, 15) is 8.42 Å². The minimum Gasteiger partial charge on any atom is -0.271 e. The van der Waals surface area contributed by atoms with Crippen molar-refractivity contribution in [2.45, 2.75) is 0 Å². The molecular weight excluding hydrogens is 235 g/mol. The van der Waals surface area contributed by atoms with Gasteiger partial charge >= 0.3 is 0 Å². The number of hydrogen-bond acceptors (Lipinski definition) is 2. The molecule has 0 aliphatic heterocycles. The van der Waals surface area contributed by atoms with Gasteiger partial charge in [-0.25, -0.2) is 5.14 Å². The lowest BCUT2D eigenvalue weighted by Crippen LogP contribution is -2.21. The van der Waals surface area contributed by atoms with Gasteiger partial charge < -0.3 is 0 Å². The Kier molecular flexibility index (Phi) is 3.02. The summed E-state index contributed by atoms with van der Waals surface area (Å²) in [6.07, 6.45) is 0. The van der Waals surface area contributed by atoms with E-state index in [0.29, 0.717) is 10.0 Å². The van der Waals surface area contributed by atoms with Gasteiger partial charge in [-0.2, -0.15) is 8.42 Å². The van der Waals surface area contributed by atoms with E-state index in [1.165, 1.54) is 18.2 Å². The van der Waals surface area contributed by atoms with E-state index < -0.39 is 10.2 Å². The minimum absolute atomic E-state index is 0.236. The Morgan fingerprint density at radius 2 is 1.62 bits per heavy atom. The first kappa shape index (κ1) is 10.6. The predicted molar refractivity (Wildman–Crippen MR) is 53.2 cm³/mol. The van der Waals surface area contributed by atoms with Gasteiger partial charge in [-0.1, -0.05) is 23.2 Å². The van der Waals surface area contributed by atoms with Crippen LogP contribution in [0, 0.1) is 0 Å². The number of hydrogen-bond donors (Lipinski definition) is 2. The number of nitrogens with one attached hydrogen (secondary N) is 1. The highest BCUT2D eigenvalue weighted by Gasteiger charge is 2.03. The Bertz CT molecular complexity index is 398. The van der Waals surface area contributed by atoms with Crippen LogP contribution in [0.15, 0.2) is 18.2 Å². The predicted octanol–water partition coefficient (Wildman–Crippen LogP) is 1.61. The third kappa shape index (κ3) is 3.82. The van der Waals surface area contributed by atoms with E-state index in [4.69, 9.17) is 28.3 Å². The maximum absolute atomic E-state index is 10.6. The van der Waals surface area contributed by atoms with Crippen LogP contribution in [0.4, 0.5) is 5.69 Å². The summed E-state index contributed by atoms with van der Waals surface area (Å²) in [6, 6.07) is 4.28.